The Morgan fingerprint density at radius 1 is 1.27 bits per heavy atom. The lowest BCUT2D eigenvalue weighted by Crippen LogP contribution is -2.38. The molecule has 0 spiro atoms. The fourth-order valence-corrected chi connectivity index (χ4v) is 2.73. The third-order valence-corrected chi connectivity index (χ3v) is 4.15. The second-order valence-electron chi connectivity index (χ2n) is 5.48. The van der Waals surface area contributed by atoms with Crippen LogP contribution in [0.15, 0.2) is 0 Å². The summed E-state index contributed by atoms with van der Waals surface area (Å²) in [6.45, 7) is 4.49. The van der Waals surface area contributed by atoms with Gasteiger partial charge in [0.25, 0.3) is 0 Å². The van der Waals surface area contributed by atoms with Gasteiger partial charge in [0.2, 0.25) is 5.91 Å². The van der Waals surface area contributed by atoms with Crippen molar-refractivity contribution in [1.29, 1.82) is 0 Å². The quantitative estimate of drug-likeness (QED) is 0.761. The molecule has 2 atom stereocenters. The highest BCUT2D eigenvalue weighted by atomic mass is 16.2. The van der Waals surface area contributed by atoms with Crippen LogP contribution in [-0.4, -0.2) is 11.9 Å². The summed E-state index contributed by atoms with van der Waals surface area (Å²) in [5.41, 5.74) is 0. The average Bonchev–Trinajstić information content (AvgIpc) is 3.00. The first kappa shape index (κ1) is 11.0. The van der Waals surface area contributed by atoms with Gasteiger partial charge in [0.1, 0.15) is 0 Å². The van der Waals surface area contributed by atoms with Crippen LogP contribution in [0, 0.1) is 17.8 Å². The number of rotatable bonds is 3. The number of nitrogens with one attached hydrogen (secondary N) is 1. The molecule has 0 bridgehead atoms. The molecule has 2 nitrogen and oxygen atoms in total. The summed E-state index contributed by atoms with van der Waals surface area (Å²) in [7, 11) is 0. The number of hydrogen-bond donors (Lipinski definition) is 1. The minimum atomic E-state index is 0.335. The van der Waals surface area contributed by atoms with E-state index in [2.05, 4.69) is 19.2 Å². The molecular formula is C13H23NO. The Hall–Kier alpha value is -0.530. The normalized spacial score (nSPS) is 39.9. The second-order valence-corrected chi connectivity index (χ2v) is 5.48. The summed E-state index contributed by atoms with van der Waals surface area (Å²) < 4.78 is 0. The number of hydrogen-bond acceptors (Lipinski definition) is 1. The molecule has 1 N–H and O–H groups in total. The third-order valence-electron chi connectivity index (χ3n) is 4.15. The van der Waals surface area contributed by atoms with Gasteiger partial charge in [-0.3, -0.25) is 4.79 Å². The lowest BCUT2D eigenvalue weighted by molar-refractivity contribution is -0.123. The monoisotopic (exact) mass is 209 g/mol. The molecule has 0 aromatic carbocycles. The molecule has 86 valence electrons. The van der Waals surface area contributed by atoms with E-state index >= 15 is 0 Å². The number of carbonyl (C=O) groups is 1. The Morgan fingerprint density at radius 3 is 2.47 bits per heavy atom. The van der Waals surface area contributed by atoms with E-state index in [-0.39, 0.29) is 0 Å². The standard InChI is InChI=1S/C13H23NO/c1-3-10-8-12(10)13(15)14-11-6-4-9(2)5-7-11/h9-12H,3-8H2,1-2H3,(H,14,15)/t9-,10-,11-,12?/m1/s1. The highest BCUT2D eigenvalue weighted by Crippen LogP contribution is 2.41. The van der Waals surface area contributed by atoms with Gasteiger partial charge in [-0.2, -0.15) is 0 Å². The van der Waals surface area contributed by atoms with E-state index in [0.29, 0.717) is 23.8 Å². The first-order valence-corrected chi connectivity index (χ1v) is 6.51. The minimum Gasteiger partial charge on any atom is -0.353 e. The van der Waals surface area contributed by atoms with Gasteiger partial charge in [-0.1, -0.05) is 20.3 Å². The smallest absolute Gasteiger partial charge is 0.223 e. The first-order valence-electron chi connectivity index (χ1n) is 6.51. The van der Waals surface area contributed by atoms with E-state index < -0.39 is 0 Å². The fraction of sp³-hybridized carbons (Fsp3) is 0.923. The zero-order chi connectivity index (χ0) is 10.8. The van der Waals surface area contributed by atoms with E-state index in [1.54, 1.807) is 0 Å². The van der Waals surface area contributed by atoms with Crippen LogP contribution < -0.4 is 5.32 Å². The Bertz CT molecular complexity index is 231. The second kappa shape index (κ2) is 4.54. The molecule has 2 rings (SSSR count). The molecule has 0 saturated heterocycles. The van der Waals surface area contributed by atoms with Crippen LogP contribution in [0.4, 0.5) is 0 Å². The van der Waals surface area contributed by atoms with Gasteiger partial charge in [-0.15, -0.1) is 0 Å². The fourth-order valence-electron chi connectivity index (χ4n) is 2.73. The largest absolute Gasteiger partial charge is 0.353 e. The lowest BCUT2D eigenvalue weighted by atomic mass is 9.87. The molecule has 0 heterocycles. The van der Waals surface area contributed by atoms with Crippen molar-refractivity contribution >= 4 is 5.91 Å². The van der Waals surface area contributed by atoms with Crippen LogP contribution in [0.5, 0.6) is 0 Å². The summed E-state index contributed by atoms with van der Waals surface area (Å²) in [5.74, 6) is 2.24. The molecule has 2 saturated carbocycles. The number of amides is 1. The molecular weight excluding hydrogens is 186 g/mol. The lowest BCUT2D eigenvalue weighted by Gasteiger charge is -2.27. The molecule has 2 aliphatic rings. The maximum Gasteiger partial charge on any atom is 0.223 e. The zero-order valence-corrected chi connectivity index (χ0v) is 9.96. The van der Waals surface area contributed by atoms with Crippen LogP contribution in [-0.2, 0) is 4.79 Å². The van der Waals surface area contributed by atoms with E-state index in [1.165, 1.54) is 32.1 Å². The summed E-state index contributed by atoms with van der Waals surface area (Å²) in [6, 6.07) is 0.479. The Labute approximate surface area is 92.8 Å². The molecule has 0 aliphatic heterocycles. The molecule has 1 unspecified atom stereocenters. The zero-order valence-electron chi connectivity index (χ0n) is 9.96. The van der Waals surface area contributed by atoms with Crippen LogP contribution in [0.25, 0.3) is 0 Å². The molecule has 2 heteroatoms. The predicted octanol–water partition coefficient (Wildman–Crippen LogP) is 2.73. The molecule has 2 aliphatic carbocycles. The average molecular weight is 209 g/mol. The van der Waals surface area contributed by atoms with Gasteiger partial charge in [0, 0.05) is 12.0 Å². The van der Waals surface area contributed by atoms with Gasteiger partial charge in [0.05, 0.1) is 0 Å². The first-order chi connectivity index (χ1) is 7.20. The van der Waals surface area contributed by atoms with Crippen LogP contribution in [0.1, 0.15) is 52.4 Å². The Balaban J connectivity index is 1.71. The maximum absolute atomic E-state index is 11.8. The van der Waals surface area contributed by atoms with Crippen molar-refractivity contribution in [3.8, 4) is 0 Å². The van der Waals surface area contributed by atoms with Crippen molar-refractivity contribution in [2.24, 2.45) is 17.8 Å². The number of carbonyl (C=O) groups excluding carboxylic acids is 1. The van der Waals surface area contributed by atoms with E-state index in [1.807, 2.05) is 0 Å². The van der Waals surface area contributed by atoms with Crippen LogP contribution in [0.2, 0.25) is 0 Å². The van der Waals surface area contributed by atoms with Gasteiger partial charge in [-0.05, 0) is 43.9 Å². The van der Waals surface area contributed by atoms with Crippen molar-refractivity contribution in [2.75, 3.05) is 0 Å². The van der Waals surface area contributed by atoms with E-state index in [0.717, 1.165) is 12.3 Å². The summed E-state index contributed by atoms with van der Waals surface area (Å²) in [4.78, 5) is 11.8. The van der Waals surface area contributed by atoms with Gasteiger partial charge >= 0.3 is 0 Å². The summed E-state index contributed by atoms with van der Waals surface area (Å²) >= 11 is 0. The van der Waals surface area contributed by atoms with Crippen molar-refractivity contribution in [3.05, 3.63) is 0 Å². The molecule has 0 aromatic rings. The van der Waals surface area contributed by atoms with Crippen molar-refractivity contribution in [1.82, 2.24) is 5.32 Å². The van der Waals surface area contributed by atoms with Gasteiger partial charge < -0.3 is 5.32 Å². The topological polar surface area (TPSA) is 29.1 Å². The van der Waals surface area contributed by atoms with Crippen LogP contribution >= 0.6 is 0 Å². The van der Waals surface area contributed by atoms with Crippen molar-refractivity contribution in [3.63, 3.8) is 0 Å². The summed E-state index contributed by atoms with van der Waals surface area (Å²) in [5, 5.41) is 3.23. The predicted molar refractivity (Wildman–Crippen MR) is 61.5 cm³/mol. The Kier molecular flexibility index (Phi) is 3.32. The molecule has 2 fully saturated rings. The molecule has 0 radical (unpaired) electrons. The molecule has 15 heavy (non-hydrogen) atoms. The molecule has 0 aromatic heterocycles. The van der Waals surface area contributed by atoms with E-state index in [4.69, 9.17) is 0 Å². The molecule has 1 amide bonds. The third kappa shape index (κ3) is 2.73. The Morgan fingerprint density at radius 2 is 1.93 bits per heavy atom. The van der Waals surface area contributed by atoms with Crippen LogP contribution in [0.3, 0.4) is 0 Å². The van der Waals surface area contributed by atoms with Gasteiger partial charge in [0.15, 0.2) is 0 Å². The SMILES string of the molecule is CC[C@@H]1CC1C(=O)N[C@H]1CC[C@H](C)CC1. The highest BCUT2D eigenvalue weighted by Gasteiger charge is 2.41. The van der Waals surface area contributed by atoms with Crippen molar-refractivity contribution < 1.29 is 4.79 Å². The maximum atomic E-state index is 11.8. The van der Waals surface area contributed by atoms with Crippen molar-refractivity contribution in [2.45, 2.75) is 58.4 Å². The highest BCUT2D eigenvalue weighted by molar-refractivity contribution is 5.81. The van der Waals surface area contributed by atoms with E-state index in [9.17, 15) is 4.79 Å². The summed E-state index contributed by atoms with van der Waals surface area (Å²) in [6.07, 6.45) is 7.25. The minimum absolute atomic E-state index is 0.335. The van der Waals surface area contributed by atoms with Gasteiger partial charge in [-0.25, -0.2) is 0 Å².